The molecule has 2 heterocycles. The summed E-state index contributed by atoms with van der Waals surface area (Å²) in [5.41, 5.74) is 5.69. The number of aromatic amines is 1. The molecular formula is C26H31N3O3. The van der Waals surface area contributed by atoms with E-state index in [4.69, 9.17) is 9.47 Å². The van der Waals surface area contributed by atoms with Gasteiger partial charge in [0.05, 0.1) is 19.8 Å². The van der Waals surface area contributed by atoms with E-state index in [-0.39, 0.29) is 17.6 Å². The number of aryl methyl sites for hydroxylation is 1. The molecule has 5 rings (SSSR count). The molecule has 2 aromatic carbocycles. The Morgan fingerprint density at radius 2 is 1.94 bits per heavy atom. The average molecular weight is 434 g/mol. The standard InChI is InChI=1S/C26H31N3O3/c1-17-13-23(31-3)21(20-9-12-27-24(17)20)14-29-16-26(10-11-26)28(2)15-22(29)18-5-7-19(8-6-18)25(30)32-4/h5-9,12-13,22,27H,10-11,14-16H2,1-4H3. The first-order chi connectivity index (χ1) is 15.5. The van der Waals surface area contributed by atoms with E-state index < -0.39 is 0 Å². The first-order valence-corrected chi connectivity index (χ1v) is 11.2. The first kappa shape index (κ1) is 21.0. The van der Waals surface area contributed by atoms with Crippen LogP contribution in [0.5, 0.6) is 5.75 Å². The number of piperazine rings is 1. The van der Waals surface area contributed by atoms with E-state index >= 15 is 0 Å². The zero-order valence-electron chi connectivity index (χ0n) is 19.3. The Morgan fingerprint density at radius 1 is 1.19 bits per heavy atom. The summed E-state index contributed by atoms with van der Waals surface area (Å²) in [7, 11) is 5.42. The van der Waals surface area contributed by atoms with Gasteiger partial charge in [0.15, 0.2) is 0 Å². The monoisotopic (exact) mass is 433 g/mol. The van der Waals surface area contributed by atoms with Crippen molar-refractivity contribution in [1.29, 1.82) is 0 Å². The van der Waals surface area contributed by atoms with Crippen LogP contribution in [-0.2, 0) is 11.3 Å². The van der Waals surface area contributed by atoms with Crippen LogP contribution in [0.25, 0.3) is 10.9 Å². The zero-order chi connectivity index (χ0) is 22.5. The third kappa shape index (κ3) is 3.48. The molecule has 1 aromatic heterocycles. The second-order valence-corrected chi connectivity index (χ2v) is 9.28. The summed E-state index contributed by atoms with van der Waals surface area (Å²) in [5, 5.41) is 1.23. The predicted molar refractivity (Wildman–Crippen MR) is 125 cm³/mol. The highest BCUT2D eigenvalue weighted by atomic mass is 16.5. The Hall–Kier alpha value is -2.83. The van der Waals surface area contributed by atoms with Crippen LogP contribution in [0.1, 0.15) is 45.9 Å². The Bertz CT molecular complexity index is 1150. The number of methoxy groups -OCH3 is 2. The number of hydrogen-bond acceptors (Lipinski definition) is 5. The molecular weight excluding hydrogens is 402 g/mol. The molecule has 32 heavy (non-hydrogen) atoms. The third-order valence-electron chi connectivity index (χ3n) is 7.43. The number of fused-ring (bicyclic) bond motifs is 1. The van der Waals surface area contributed by atoms with E-state index in [0.717, 1.165) is 25.4 Å². The van der Waals surface area contributed by atoms with Crippen molar-refractivity contribution in [2.24, 2.45) is 0 Å². The van der Waals surface area contributed by atoms with Crippen LogP contribution in [0, 0.1) is 6.92 Å². The maximum absolute atomic E-state index is 11.9. The maximum atomic E-state index is 11.9. The van der Waals surface area contributed by atoms with Crippen molar-refractivity contribution in [3.8, 4) is 5.75 Å². The smallest absolute Gasteiger partial charge is 0.337 e. The second-order valence-electron chi connectivity index (χ2n) is 9.28. The fourth-order valence-corrected chi connectivity index (χ4v) is 5.29. The fourth-order valence-electron chi connectivity index (χ4n) is 5.29. The van der Waals surface area contributed by atoms with Gasteiger partial charge in [-0.3, -0.25) is 9.80 Å². The molecule has 2 aliphatic rings. The molecule has 168 valence electrons. The number of benzene rings is 2. The molecule has 0 amide bonds. The lowest BCUT2D eigenvalue weighted by Gasteiger charge is -2.46. The van der Waals surface area contributed by atoms with E-state index in [1.54, 1.807) is 7.11 Å². The summed E-state index contributed by atoms with van der Waals surface area (Å²) >= 11 is 0. The highest BCUT2D eigenvalue weighted by Gasteiger charge is 2.52. The van der Waals surface area contributed by atoms with Crippen LogP contribution < -0.4 is 4.74 Å². The van der Waals surface area contributed by atoms with E-state index in [1.807, 2.05) is 18.3 Å². The van der Waals surface area contributed by atoms with Gasteiger partial charge in [-0.2, -0.15) is 0 Å². The van der Waals surface area contributed by atoms with Crippen molar-refractivity contribution in [2.75, 3.05) is 34.4 Å². The van der Waals surface area contributed by atoms with E-state index in [0.29, 0.717) is 5.56 Å². The van der Waals surface area contributed by atoms with Crippen molar-refractivity contribution >= 4 is 16.9 Å². The summed E-state index contributed by atoms with van der Waals surface area (Å²) in [6.45, 7) is 4.92. The highest BCUT2D eigenvalue weighted by Crippen LogP contribution is 2.48. The number of nitrogens with zero attached hydrogens (tertiary/aromatic N) is 2. The van der Waals surface area contributed by atoms with Gasteiger partial charge in [-0.25, -0.2) is 4.79 Å². The quantitative estimate of drug-likeness (QED) is 0.608. The molecule has 6 heteroatoms. The van der Waals surface area contributed by atoms with Crippen molar-refractivity contribution < 1.29 is 14.3 Å². The summed E-state index contributed by atoms with van der Waals surface area (Å²) in [5.74, 6) is 0.642. The van der Waals surface area contributed by atoms with Crippen LogP contribution in [0.2, 0.25) is 0 Å². The topological polar surface area (TPSA) is 57.8 Å². The molecule has 1 aliphatic heterocycles. The third-order valence-corrected chi connectivity index (χ3v) is 7.43. The van der Waals surface area contributed by atoms with Crippen molar-refractivity contribution in [2.45, 2.75) is 37.9 Å². The number of ether oxygens (including phenoxy) is 2. The molecule has 1 spiro atoms. The number of carbonyl (C=O) groups excluding carboxylic acids is 1. The van der Waals surface area contributed by atoms with Crippen LogP contribution in [-0.4, -0.2) is 60.6 Å². The van der Waals surface area contributed by atoms with Crippen LogP contribution in [0.15, 0.2) is 42.6 Å². The molecule has 6 nitrogen and oxygen atoms in total. The highest BCUT2D eigenvalue weighted by molar-refractivity contribution is 5.89. The number of aromatic nitrogens is 1. The van der Waals surface area contributed by atoms with Crippen LogP contribution in [0.3, 0.4) is 0 Å². The SMILES string of the molecule is COC(=O)c1ccc(C2CN(C)C3(CC3)CN2Cc2c(OC)cc(C)c3[nH]ccc23)cc1. The molecule has 0 bridgehead atoms. The van der Waals surface area contributed by atoms with Gasteiger partial charge >= 0.3 is 5.97 Å². The summed E-state index contributed by atoms with van der Waals surface area (Å²) < 4.78 is 10.7. The molecule has 1 N–H and O–H groups in total. The minimum absolute atomic E-state index is 0.234. The molecule has 2 fully saturated rings. The fraction of sp³-hybridized carbons (Fsp3) is 0.423. The first-order valence-electron chi connectivity index (χ1n) is 11.2. The van der Waals surface area contributed by atoms with Gasteiger partial charge in [-0.15, -0.1) is 0 Å². The van der Waals surface area contributed by atoms with Crippen molar-refractivity contribution in [1.82, 2.24) is 14.8 Å². The Labute approximate surface area is 189 Å². The van der Waals surface area contributed by atoms with Crippen LogP contribution in [0.4, 0.5) is 0 Å². The lowest BCUT2D eigenvalue weighted by Crippen LogP contribution is -2.54. The number of hydrogen-bond donors (Lipinski definition) is 1. The largest absolute Gasteiger partial charge is 0.496 e. The van der Waals surface area contributed by atoms with Gasteiger partial charge in [0, 0.05) is 53.9 Å². The number of esters is 1. The zero-order valence-corrected chi connectivity index (χ0v) is 19.3. The Kier molecular flexibility index (Phi) is 5.22. The predicted octanol–water partition coefficient (Wildman–Crippen LogP) is 4.29. The molecule has 1 aliphatic carbocycles. The van der Waals surface area contributed by atoms with Crippen molar-refractivity contribution in [3.05, 3.63) is 64.8 Å². The van der Waals surface area contributed by atoms with Gasteiger partial charge in [-0.05, 0) is 62.2 Å². The summed E-state index contributed by atoms with van der Waals surface area (Å²) in [4.78, 5) is 20.4. The lowest BCUT2D eigenvalue weighted by atomic mass is 9.96. The Balaban J connectivity index is 1.52. The molecule has 1 unspecified atom stereocenters. The van der Waals surface area contributed by atoms with Gasteiger partial charge in [-0.1, -0.05) is 12.1 Å². The van der Waals surface area contributed by atoms with Gasteiger partial charge < -0.3 is 14.5 Å². The number of carbonyl (C=O) groups is 1. The average Bonchev–Trinajstić information content (AvgIpc) is 3.40. The van der Waals surface area contributed by atoms with Crippen molar-refractivity contribution in [3.63, 3.8) is 0 Å². The normalized spacial score (nSPS) is 20.6. The van der Waals surface area contributed by atoms with E-state index in [1.165, 1.54) is 47.5 Å². The minimum atomic E-state index is -0.301. The van der Waals surface area contributed by atoms with Gasteiger partial charge in [0.2, 0.25) is 0 Å². The number of H-pyrrole nitrogens is 1. The summed E-state index contributed by atoms with van der Waals surface area (Å²) in [6.07, 6.45) is 4.51. The van der Waals surface area contributed by atoms with E-state index in [9.17, 15) is 4.79 Å². The lowest BCUT2D eigenvalue weighted by molar-refractivity contribution is 0.0252. The number of nitrogens with one attached hydrogen (secondary N) is 1. The van der Waals surface area contributed by atoms with Gasteiger partial charge in [0.25, 0.3) is 0 Å². The van der Waals surface area contributed by atoms with Gasteiger partial charge in [0.1, 0.15) is 5.75 Å². The number of likely N-dealkylation sites (N-methyl/N-ethyl adjacent to an activating group) is 1. The number of rotatable bonds is 5. The summed E-state index contributed by atoms with van der Waals surface area (Å²) in [6, 6.07) is 12.4. The van der Waals surface area contributed by atoms with E-state index in [2.05, 4.69) is 53.0 Å². The second kappa shape index (κ2) is 7.94. The molecule has 3 aromatic rings. The maximum Gasteiger partial charge on any atom is 0.337 e. The molecule has 1 saturated heterocycles. The molecule has 1 saturated carbocycles. The van der Waals surface area contributed by atoms with Crippen LogP contribution >= 0.6 is 0 Å². The Morgan fingerprint density at radius 3 is 2.59 bits per heavy atom. The minimum Gasteiger partial charge on any atom is -0.496 e. The molecule has 0 radical (unpaired) electrons. The molecule has 1 atom stereocenters.